The number of aryl methyl sites for hydroxylation is 1. The van der Waals surface area contributed by atoms with Crippen LogP contribution in [0, 0.1) is 6.92 Å². The summed E-state index contributed by atoms with van der Waals surface area (Å²) < 4.78 is 52.2. The second-order valence-electron chi connectivity index (χ2n) is 13.0. The molecule has 272 valence electrons. The standard InChI is InChI=1S/C39H47N3O8S/c1-27-13-12-16-29(21-27)25-41(33(38(44)40-39(2,3)4)22-28-14-10-9-11-15-28)37(43)26-42(32-23-30(47-5)17-19-34(32)48-6)51(45,46)31-18-20-35(49-7)36(24-31)50-8/h9-21,23-24,33H,22,25-26H2,1-8H3,(H,40,44)/t33-/m1/s1. The van der Waals surface area contributed by atoms with Crippen molar-refractivity contribution in [3.05, 3.63) is 108 Å². The first-order valence-electron chi connectivity index (χ1n) is 16.4. The Kier molecular flexibility index (Phi) is 12.6. The summed E-state index contributed by atoms with van der Waals surface area (Å²) in [5.74, 6) is 0.0513. The molecule has 0 spiro atoms. The summed E-state index contributed by atoms with van der Waals surface area (Å²) in [7, 11) is 1.21. The van der Waals surface area contributed by atoms with Gasteiger partial charge in [0, 0.05) is 30.6 Å². The first kappa shape index (κ1) is 38.6. The summed E-state index contributed by atoms with van der Waals surface area (Å²) in [6, 6.07) is 24.9. The molecule has 51 heavy (non-hydrogen) atoms. The second kappa shape index (κ2) is 16.7. The van der Waals surface area contributed by atoms with Crippen molar-refractivity contribution in [3.8, 4) is 23.0 Å². The van der Waals surface area contributed by atoms with E-state index < -0.39 is 34.1 Å². The Morgan fingerprint density at radius 3 is 2.00 bits per heavy atom. The van der Waals surface area contributed by atoms with Crippen molar-refractivity contribution in [2.24, 2.45) is 0 Å². The molecule has 0 radical (unpaired) electrons. The predicted octanol–water partition coefficient (Wildman–Crippen LogP) is 5.78. The monoisotopic (exact) mass is 717 g/mol. The summed E-state index contributed by atoms with van der Waals surface area (Å²) in [6.45, 7) is 6.89. The number of carbonyl (C=O) groups is 2. The van der Waals surface area contributed by atoms with Crippen LogP contribution < -0.4 is 28.6 Å². The minimum Gasteiger partial charge on any atom is -0.497 e. The van der Waals surface area contributed by atoms with Crippen molar-refractivity contribution < 1.29 is 37.0 Å². The zero-order valence-electron chi connectivity index (χ0n) is 30.4. The highest BCUT2D eigenvalue weighted by molar-refractivity contribution is 7.92. The molecular formula is C39H47N3O8S. The summed E-state index contributed by atoms with van der Waals surface area (Å²) in [6.07, 6.45) is 0.186. The molecule has 4 rings (SSSR count). The van der Waals surface area contributed by atoms with Crippen LogP contribution >= 0.6 is 0 Å². The van der Waals surface area contributed by atoms with Gasteiger partial charge in [-0.25, -0.2) is 8.42 Å². The molecule has 0 unspecified atom stereocenters. The quantitative estimate of drug-likeness (QED) is 0.164. The van der Waals surface area contributed by atoms with E-state index in [1.165, 1.54) is 57.6 Å². The predicted molar refractivity (Wildman–Crippen MR) is 197 cm³/mol. The van der Waals surface area contributed by atoms with Gasteiger partial charge in [-0.1, -0.05) is 60.2 Å². The molecule has 0 aliphatic carbocycles. The normalized spacial score (nSPS) is 12.0. The maximum Gasteiger partial charge on any atom is 0.265 e. The second-order valence-corrected chi connectivity index (χ2v) is 14.9. The van der Waals surface area contributed by atoms with Crippen LogP contribution in [0.1, 0.15) is 37.5 Å². The number of carbonyl (C=O) groups excluding carboxylic acids is 2. The molecule has 2 amide bonds. The van der Waals surface area contributed by atoms with E-state index in [1.54, 1.807) is 12.1 Å². The Hall–Kier alpha value is -5.23. The average Bonchev–Trinajstić information content (AvgIpc) is 3.10. The molecule has 0 aliphatic heterocycles. The molecule has 4 aromatic carbocycles. The van der Waals surface area contributed by atoms with Crippen LogP contribution in [0.15, 0.2) is 95.9 Å². The molecule has 0 saturated heterocycles. The molecule has 0 bridgehead atoms. The highest BCUT2D eigenvalue weighted by Crippen LogP contribution is 2.38. The minimum absolute atomic E-state index is 0.0368. The number of hydrogen-bond acceptors (Lipinski definition) is 8. The lowest BCUT2D eigenvalue weighted by molar-refractivity contribution is -0.140. The van der Waals surface area contributed by atoms with Gasteiger partial charge in [-0.15, -0.1) is 0 Å². The van der Waals surface area contributed by atoms with E-state index in [9.17, 15) is 18.0 Å². The van der Waals surface area contributed by atoms with Crippen LogP contribution in [-0.2, 0) is 32.6 Å². The summed E-state index contributed by atoms with van der Waals surface area (Å²) in [4.78, 5) is 30.3. The number of hydrogen-bond donors (Lipinski definition) is 1. The van der Waals surface area contributed by atoms with Crippen LogP contribution in [0.2, 0.25) is 0 Å². The number of ether oxygens (including phenoxy) is 4. The number of anilines is 1. The van der Waals surface area contributed by atoms with Gasteiger partial charge in [0.25, 0.3) is 10.0 Å². The molecule has 12 heteroatoms. The molecule has 4 aromatic rings. The van der Waals surface area contributed by atoms with Crippen LogP contribution in [0.3, 0.4) is 0 Å². The van der Waals surface area contributed by atoms with Gasteiger partial charge in [-0.2, -0.15) is 0 Å². The van der Waals surface area contributed by atoms with Crippen LogP contribution in [0.25, 0.3) is 0 Å². The molecule has 11 nitrogen and oxygen atoms in total. The van der Waals surface area contributed by atoms with E-state index in [0.29, 0.717) is 11.5 Å². The van der Waals surface area contributed by atoms with Crippen molar-refractivity contribution in [2.75, 3.05) is 39.3 Å². The van der Waals surface area contributed by atoms with E-state index in [4.69, 9.17) is 18.9 Å². The van der Waals surface area contributed by atoms with E-state index >= 15 is 0 Å². The lowest BCUT2D eigenvalue weighted by Gasteiger charge is -2.35. The number of rotatable bonds is 15. The van der Waals surface area contributed by atoms with E-state index in [2.05, 4.69) is 5.32 Å². The van der Waals surface area contributed by atoms with Crippen molar-refractivity contribution in [2.45, 2.75) is 57.1 Å². The molecule has 1 N–H and O–H groups in total. The maximum atomic E-state index is 14.9. The Morgan fingerprint density at radius 1 is 0.745 bits per heavy atom. The fraction of sp³-hybridized carbons (Fsp3) is 0.333. The van der Waals surface area contributed by atoms with Gasteiger partial charge in [0.2, 0.25) is 11.8 Å². The van der Waals surface area contributed by atoms with Gasteiger partial charge >= 0.3 is 0 Å². The number of nitrogens with one attached hydrogen (secondary N) is 1. The Bertz CT molecular complexity index is 1930. The molecular weight excluding hydrogens is 671 g/mol. The van der Waals surface area contributed by atoms with Gasteiger partial charge in [0.1, 0.15) is 24.1 Å². The fourth-order valence-corrected chi connectivity index (χ4v) is 7.06. The molecule has 1 atom stereocenters. The van der Waals surface area contributed by atoms with Crippen molar-refractivity contribution in [3.63, 3.8) is 0 Å². The summed E-state index contributed by atoms with van der Waals surface area (Å²) >= 11 is 0. The average molecular weight is 718 g/mol. The molecule has 0 aliphatic rings. The highest BCUT2D eigenvalue weighted by Gasteiger charge is 2.37. The number of methoxy groups -OCH3 is 4. The van der Waals surface area contributed by atoms with E-state index in [-0.39, 0.29) is 41.0 Å². The third-order valence-corrected chi connectivity index (χ3v) is 9.84. The van der Waals surface area contributed by atoms with Crippen LogP contribution in [-0.4, -0.2) is 71.7 Å². The molecule has 0 fully saturated rings. The van der Waals surface area contributed by atoms with Gasteiger partial charge in [0.15, 0.2) is 11.5 Å². The SMILES string of the molecule is COc1ccc(OC)c(N(CC(=O)N(Cc2cccc(C)c2)[C@H](Cc2ccccc2)C(=O)NC(C)(C)C)S(=O)(=O)c2ccc(OC)c(OC)c2)c1. The smallest absolute Gasteiger partial charge is 0.265 e. The van der Waals surface area contributed by atoms with Crippen molar-refractivity contribution in [1.82, 2.24) is 10.2 Å². The third-order valence-electron chi connectivity index (χ3n) is 8.08. The third kappa shape index (κ3) is 9.72. The Labute approximate surface area is 301 Å². The van der Waals surface area contributed by atoms with Crippen molar-refractivity contribution >= 4 is 27.5 Å². The molecule has 0 heterocycles. The molecule has 0 aromatic heterocycles. The minimum atomic E-state index is -4.50. The lowest BCUT2D eigenvalue weighted by Crippen LogP contribution is -2.56. The van der Waals surface area contributed by atoms with Gasteiger partial charge < -0.3 is 29.2 Å². The Balaban J connectivity index is 1.91. The first-order valence-corrected chi connectivity index (χ1v) is 17.8. The zero-order chi connectivity index (χ0) is 37.3. The van der Waals surface area contributed by atoms with Crippen LogP contribution in [0.4, 0.5) is 5.69 Å². The van der Waals surface area contributed by atoms with Gasteiger partial charge in [0.05, 0.1) is 39.0 Å². The van der Waals surface area contributed by atoms with E-state index in [1.807, 2.05) is 82.3 Å². The highest BCUT2D eigenvalue weighted by atomic mass is 32.2. The maximum absolute atomic E-state index is 14.9. The molecule has 0 saturated carbocycles. The summed E-state index contributed by atoms with van der Waals surface area (Å²) in [5.41, 5.74) is 2.03. The van der Waals surface area contributed by atoms with E-state index in [0.717, 1.165) is 21.0 Å². The van der Waals surface area contributed by atoms with Crippen molar-refractivity contribution in [1.29, 1.82) is 0 Å². The number of nitrogens with zero attached hydrogens (tertiary/aromatic N) is 2. The van der Waals surface area contributed by atoms with Gasteiger partial charge in [-0.05, 0) is 63.1 Å². The number of benzene rings is 4. The largest absolute Gasteiger partial charge is 0.497 e. The lowest BCUT2D eigenvalue weighted by atomic mass is 10.0. The topological polar surface area (TPSA) is 124 Å². The summed E-state index contributed by atoms with van der Waals surface area (Å²) in [5, 5.41) is 3.04. The van der Waals surface area contributed by atoms with Crippen LogP contribution in [0.5, 0.6) is 23.0 Å². The first-order chi connectivity index (χ1) is 24.2. The zero-order valence-corrected chi connectivity index (χ0v) is 31.2. The Morgan fingerprint density at radius 2 is 1.39 bits per heavy atom. The number of amides is 2. The van der Waals surface area contributed by atoms with Gasteiger partial charge in [-0.3, -0.25) is 13.9 Å². The number of sulfonamides is 1. The fourth-order valence-electron chi connectivity index (χ4n) is 5.62.